The van der Waals surface area contributed by atoms with Crippen molar-refractivity contribution in [2.45, 2.75) is 42.4 Å². The average Bonchev–Trinajstić information content (AvgIpc) is 2.75. The lowest BCUT2D eigenvalue weighted by Crippen LogP contribution is -2.41. The number of unbranched alkanes of at least 4 members (excludes halogenated alkanes) is 1. The van der Waals surface area contributed by atoms with E-state index in [1.54, 1.807) is 11.8 Å². The highest BCUT2D eigenvalue weighted by Crippen LogP contribution is 2.34. The first-order valence-corrected chi connectivity index (χ1v) is 7.74. The highest BCUT2D eigenvalue weighted by Gasteiger charge is 2.36. The van der Waals surface area contributed by atoms with E-state index in [9.17, 15) is 9.59 Å². The predicted molar refractivity (Wildman–Crippen MR) is 75.7 cm³/mol. The van der Waals surface area contributed by atoms with Crippen LogP contribution in [-0.4, -0.2) is 48.7 Å². The Morgan fingerprint density at radius 3 is 2.68 bits per heavy atom. The molecule has 0 aromatic rings. The van der Waals surface area contributed by atoms with Crippen LogP contribution in [0.4, 0.5) is 4.79 Å². The van der Waals surface area contributed by atoms with Crippen LogP contribution in [-0.2, 0) is 14.3 Å². The number of hydrogen-bond acceptors (Lipinski definition) is 5. The summed E-state index contributed by atoms with van der Waals surface area (Å²) in [6.07, 6.45) is 2.69. The van der Waals surface area contributed by atoms with Gasteiger partial charge in [-0.25, -0.2) is 4.79 Å². The number of amides is 1. The number of rotatable bonds is 6. The van der Waals surface area contributed by atoms with Crippen LogP contribution in [0.25, 0.3) is 0 Å². The molecule has 1 saturated heterocycles. The topological polar surface area (TPSA) is 64.6 Å². The summed E-state index contributed by atoms with van der Waals surface area (Å²) in [6.45, 7) is 0. The second kappa shape index (κ2) is 8.53. The Morgan fingerprint density at radius 2 is 2.05 bits per heavy atom. The number of carbonyl (C=O) groups is 2. The first-order valence-electron chi connectivity index (χ1n) is 6.25. The molecule has 0 spiro atoms. The van der Waals surface area contributed by atoms with Crippen LogP contribution in [0.15, 0.2) is 0 Å². The average molecular weight is 310 g/mol. The molecule has 0 bridgehead atoms. The number of halogens is 1. The zero-order chi connectivity index (χ0) is 14.3. The lowest BCUT2D eigenvalue weighted by Gasteiger charge is -2.18. The van der Waals surface area contributed by atoms with E-state index in [1.165, 1.54) is 14.2 Å². The van der Waals surface area contributed by atoms with Crippen molar-refractivity contribution in [1.82, 2.24) is 5.32 Å². The van der Waals surface area contributed by atoms with Crippen molar-refractivity contribution < 1.29 is 19.1 Å². The third kappa shape index (κ3) is 5.48. The fourth-order valence-corrected chi connectivity index (χ4v) is 4.02. The van der Waals surface area contributed by atoms with Gasteiger partial charge in [0.25, 0.3) is 0 Å². The van der Waals surface area contributed by atoms with Gasteiger partial charge < -0.3 is 14.8 Å². The Bertz CT molecular complexity index is 316. The van der Waals surface area contributed by atoms with Gasteiger partial charge in [0.15, 0.2) is 0 Å². The molecule has 1 aliphatic rings. The summed E-state index contributed by atoms with van der Waals surface area (Å²) in [7, 11) is 2.73. The van der Waals surface area contributed by atoms with Crippen molar-refractivity contribution in [3.8, 4) is 0 Å². The number of nitrogens with one attached hydrogen (secondary N) is 1. The zero-order valence-electron chi connectivity index (χ0n) is 11.2. The first kappa shape index (κ1) is 16.4. The van der Waals surface area contributed by atoms with Gasteiger partial charge in [0, 0.05) is 17.4 Å². The van der Waals surface area contributed by atoms with E-state index in [4.69, 9.17) is 11.6 Å². The predicted octanol–water partition coefficient (Wildman–Crippen LogP) is 2.17. The van der Waals surface area contributed by atoms with Gasteiger partial charge >= 0.3 is 12.1 Å². The molecule has 5 nitrogen and oxygen atoms in total. The molecule has 0 aromatic heterocycles. The lowest BCUT2D eigenvalue weighted by molar-refractivity contribution is -0.140. The molecular weight excluding hydrogens is 290 g/mol. The highest BCUT2D eigenvalue weighted by atomic mass is 35.5. The molecule has 7 heteroatoms. The minimum Gasteiger partial charge on any atom is -0.469 e. The second-order valence-corrected chi connectivity index (χ2v) is 6.16. The van der Waals surface area contributed by atoms with E-state index in [-0.39, 0.29) is 17.4 Å². The van der Waals surface area contributed by atoms with Crippen LogP contribution >= 0.6 is 23.4 Å². The van der Waals surface area contributed by atoms with Crippen molar-refractivity contribution >= 4 is 35.4 Å². The van der Waals surface area contributed by atoms with Crippen LogP contribution in [0.3, 0.4) is 0 Å². The zero-order valence-corrected chi connectivity index (χ0v) is 12.8. The van der Waals surface area contributed by atoms with Gasteiger partial charge in [-0.1, -0.05) is 6.42 Å². The number of carbonyl (C=O) groups excluding carboxylic acids is 2. The first-order chi connectivity index (χ1) is 9.08. The maximum absolute atomic E-state index is 11.1. The van der Waals surface area contributed by atoms with Gasteiger partial charge in [-0.3, -0.25) is 4.79 Å². The summed E-state index contributed by atoms with van der Waals surface area (Å²) in [4.78, 5) is 22.1. The lowest BCUT2D eigenvalue weighted by atomic mass is 10.1. The minimum atomic E-state index is -0.442. The third-order valence-electron chi connectivity index (χ3n) is 3.07. The monoisotopic (exact) mass is 309 g/mol. The van der Waals surface area contributed by atoms with Crippen LogP contribution in [0.2, 0.25) is 0 Å². The Balaban J connectivity index is 2.22. The largest absolute Gasteiger partial charge is 0.469 e. The molecule has 0 radical (unpaired) electrons. The standard InChI is InChI=1S/C12H20ClNO4S/c1-17-10(15)6-4-3-5-9-11(13)8(7-19-9)14-12(16)18-2/h8-9,11H,3-7H2,1-2H3,(H,14,16). The summed E-state index contributed by atoms with van der Waals surface area (Å²) in [6, 6.07) is -0.0512. The number of thioether (sulfide) groups is 1. The second-order valence-electron chi connectivity index (χ2n) is 4.38. The molecule has 1 aliphatic heterocycles. The molecule has 19 heavy (non-hydrogen) atoms. The van der Waals surface area contributed by atoms with E-state index < -0.39 is 6.09 Å². The highest BCUT2D eigenvalue weighted by molar-refractivity contribution is 8.00. The molecule has 1 heterocycles. The number of hydrogen-bond donors (Lipinski definition) is 1. The normalized spacial score (nSPS) is 25.9. The Kier molecular flexibility index (Phi) is 7.38. The van der Waals surface area contributed by atoms with Crippen molar-refractivity contribution in [2.24, 2.45) is 0 Å². The summed E-state index contributed by atoms with van der Waals surface area (Å²) < 4.78 is 9.15. The number of alkyl halides is 1. The number of esters is 1. The van der Waals surface area contributed by atoms with Gasteiger partial charge in [0.2, 0.25) is 0 Å². The molecule has 0 aliphatic carbocycles. The fourth-order valence-electron chi connectivity index (χ4n) is 1.96. The maximum atomic E-state index is 11.1. The van der Waals surface area contributed by atoms with E-state index in [1.807, 2.05) is 0 Å². The van der Waals surface area contributed by atoms with Crippen molar-refractivity contribution in [1.29, 1.82) is 0 Å². The molecule has 1 amide bonds. The SMILES string of the molecule is COC(=O)CCCCC1SCC(NC(=O)OC)C1Cl. The molecule has 1 rings (SSSR count). The minimum absolute atomic E-state index is 0.0512. The van der Waals surface area contributed by atoms with Crippen LogP contribution in [0, 0.1) is 0 Å². The van der Waals surface area contributed by atoms with E-state index in [0.29, 0.717) is 11.7 Å². The quantitative estimate of drug-likeness (QED) is 0.463. The van der Waals surface area contributed by atoms with E-state index in [0.717, 1.165) is 25.0 Å². The molecule has 1 fully saturated rings. The summed E-state index contributed by atoms with van der Waals surface area (Å²) in [5.41, 5.74) is 0. The Hall–Kier alpha value is -0.620. The Morgan fingerprint density at radius 1 is 1.32 bits per heavy atom. The molecule has 1 N–H and O–H groups in total. The molecular formula is C12H20ClNO4S. The van der Waals surface area contributed by atoms with Crippen LogP contribution in [0.5, 0.6) is 0 Å². The summed E-state index contributed by atoms with van der Waals surface area (Å²) in [5.74, 6) is 0.622. The van der Waals surface area contributed by atoms with E-state index >= 15 is 0 Å². The van der Waals surface area contributed by atoms with Gasteiger partial charge in [-0.05, 0) is 12.8 Å². The molecule has 0 aromatic carbocycles. The van der Waals surface area contributed by atoms with Crippen molar-refractivity contribution in [2.75, 3.05) is 20.0 Å². The Labute approximate surface area is 122 Å². The number of ether oxygens (including phenoxy) is 2. The summed E-state index contributed by atoms with van der Waals surface area (Å²) in [5, 5.41) is 2.95. The molecule has 3 atom stereocenters. The number of alkyl carbamates (subject to hydrolysis) is 1. The van der Waals surface area contributed by atoms with E-state index in [2.05, 4.69) is 14.8 Å². The van der Waals surface area contributed by atoms with Crippen LogP contribution in [0.1, 0.15) is 25.7 Å². The molecule has 110 valence electrons. The number of methoxy groups -OCH3 is 2. The summed E-state index contributed by atoms with van der Waals surface area (Å²) >= 11 is 8.09. The smallest absolute Gasteiger partial charge is 0.407 e. The van der Waals surface area contributed by atoms with Gasteiger partial charge in [0.1, 0.15) is 0 Å². The van der Waals surface area contributed by atoms with Gasteiger partial charge in [-0.15, -0.1) is 11.6 Å². The fraction of sp³-hybridized carbons (Fsp3) is 0.833. The maximum Gasteiger partial charge on any atom is 0.407 e. The van der Waals surface area contributed by atoms with Crippen LogP contribution < -0.4 is 5.32 Å². The van der Waals surface area contributed by atoms with Crippen molar-refractivity contribution in [3.63, 3.8) is 0 Å². The van der Waals surface area contributed by atoms with Gasteiger partial charge in [-0.2, -0.15) is 11.8 Å². The van der Waals surface area contributed by atoms with Crippen molar-refractivity contribution in [3.05, 3.63) is 0 Å². The van der Waals surface area contributed by atoms with Gasteiger partial charge in [0.05, 0.1) is 25.6 Å². The molecule has 0 saturated carbocycles. The molecule has 3 unspecified atom stereocenters. The third-order valence-corrected chi connectivity index (χ3v) is 5.33.